The minimum Gasteiger partial charge on any atom is -0.288 e. The van der Waals surface area contributed by atoms with Crippen LogP contribution < -0.4 is 0 Å². The van der Waals surface area contributed by atoms with E-state index in [0.717, 1.165) is 22.6 Å². The summed E-state index contributed by atoms with van der Waals surface area (Å²) in [6.45, 7) is 6.55. The fraction of sp³-hybridized carbons (Fsp3) is 0.211. The highest BCUT2D eigenvalue weighted by Crippen LogP contribution is 2.21. The summed E-state index contributed by atoms with van der Waals surface area (Å²) in [5.74, 6) is -0.0857. The predicted octanol–water partition coefficient (Wildman–Crippen LogP) is 4.36. The SMILES string of the molecule is CCn1ncc(Br)c1C(=O)/C=C/c1c(C)nn(-c2ccccc2)c1C. The van der Waals surface area contributed by atoms with Crippen LogP contribution in [0.15, 0.2) is 47.1 Å². The zero-order valence-corrected chi connectivity index (χ0v) is 16.0. The number of rotatable bonds is 5. The van der Waals surface area contributed by atoms with Gasteiger partial charge in [0.1, 0.15) is 5.69 Å². The highest BCUT2D eigenvalue weighted by molar-refractivity contribution is 9.10. The molecule has 0 radical (unpaired) electrons. The van der Waals surface area contributed by atoms with Gasteiger partial charge in [-0.05, 0) is 61.0 Å². The largest absolute Gasteiger partial charge is 0.288 e. The van der Waals surface area contributed by atoms with E-state index in [4.69, 9.17) is 0 Å². The van der Waals surface area contributed by atoms with Crippen LogP contribution in [0.5, 0.6) is 0 Å². The van der Waals surface area contributed by atoms with Crippen molar-refractivity contribution in [3.63, 3.8) is 0 Å². The number of aryl methyl sites for hydroxylation is 2. The third-order valence-corrected chi connectivity index (χ3v) is 4.66. The molecule has 3 aromatic rings. The standard InChI is InChI=1S/C19H19BrN4O/c1-4-23-19(17(20)12-21-23)18(25)11-10-16-13(2)22-24(14(16)3)15-8-6-5-7-9-15/h5-12H,4H2,1-3H3/b11-10+. The number of carbonyl (C=O) groups excluding carboxylic acids is 1. The van der Waals surface area contributed by atoms with Gasteiger partial charge < -0.3 is 0 Å². The fourth-order valence-corrected chi connectivity index (χ4v) is 3.29. The lowest BCUT2D eigenvalue weighted by Crippen LogP contribution is -2.07. The van der Waals surface area contributed by atoms with E-state index in [9.17, 15) is 4.79 Å². The van der Waals surface area contributed by atoms with Gasteiger partial charge in [-0.25, -0.2) is 4.68 Å². The molecule has 0 saturated carbocycles. The highest BCUT2D eigenvalue weighted by Gasteiger charge is 2.15. The van der Waals surface area contributed by atoms with Gasteiger partial charge >= 0.3 is 0 Å². The molecule has 0 saturated heterocycles. The van der Waals surface area contributed by atoms with Crippen LogP contribution in [0.4, 0.5) is 0 Å². The van der Waals surface area contributed by atoms with Crippen LogP contribution in [-0.4, -0.2) is 25.3 Å². The van der Waals surface area contributed by atoms with Gasteiger partial charge in [0.2, 0.25) is 5.78 Å². The molecule has 128 valence electrons. The van der Waals surface area contributed by atoms with Crippen molar-refractivity contribution in [2.45, 2.75) is 27.3 Å². The number of allylic oxidation sites excluding steroid dienone is 1. The average molecular weight is 399 g/mol. The minimum atomic E-state index is -0.0857. The Morgan fingerprint density at radius 3 is 2.64 bits per heavy atom. The molecule has 2 aromatic heterocycles. The molecule has 0 atom stereocenters. The first-order chi connectivity index (χ1) is 12.0. The smallest absolute Gasteiger partial charge is 0.205 e. The van der Waals surface area contributed by atoms with E-state index in [1.54, 1.807) is 17.0 Å². The van der Waals surface area contributed by atoms with E-state index in [0.29, 0.717) is 16.7 Å². The Morgan fingerprint density at radius 2 is 1.96 bits per heavy atom. The topological polar surface area (TPSA) is 52.7 Å². The van der Waals surface area contributed by atoms with Gasteiger partial charge in [0.05, 0.1) is 22.1 Å². The molecule has 0 aliphatic rings. The molecule has 0 aliphatic heterocycles. The van der Waals surface area contributed by atoms with Gasteiger partial charge in [0.15, 0.2) is 0 Å². The van der Waals surface area contributed by atoms with Crippen LogP contribution in [-0.2, 0) is 6.54 Å². The first-order valence-electron chi connectivity index (χ1n) is 8.08. The zero-order chi connectivity index (χ0) is 18.0. The van der Waals surface area contributed by atoms with Crippen LogP contribution in [0.25, 0.3) is 11.8 Å². The lowest BCUT2D eigenvalue weighted by atomic mass is 10.1. The first kappa shape index (κ1) is 17.4. The fourth-order valence-electron chi connectivity index (χ4n) is 2.80. The van der Waals surface area contributed by atoms with E-state index in [1.165, 1.54) is 0 Å². The van der Waals surface area contributed by atoms with Gasteiger partial charge in [0.25, 0.3) is 0 Å². The quantitative estimate of drug-likeness (QED) is 0.473. The van der Waals surface area contributed by atoms with Crippen LogP contribution in [0.3, 0.4) is 0 Å². The molecule has 0 fully saturated rings. The monoisotopic (exact) mass is 398 g/mol. The second kappa shape index (κ2) is 7.19. The first-order valence-corrected chi connectivity index (χ1v) is 8.87. The van der Waals surface area contributed by atoms with Gasteiger partial charge in [0, 0.05) is 17.8 Å². The lowest BCUT2D eigenvalue weighted by Gasteiger charge is -2.04. The van der Waals surface area contributed by atoms with Crippen molar-refractivity contribution in [3.05, 3.63) is 69.7 Å². The molecule has 6 heteroatoms. The number of aromatic nitrogens is 4. The van der Waals surface area contributed by atoms with Crippen LogP contribution >= 0.6 is 15.9 Å². The Hall–Kier alpha value is -2.47. The summed E-state index contributed by atoms with van der Waals surface area (Å²) in [7, 11) is 0. The summed E-state index contributed by atoms with van der Waals surface area (Å²) in [5, 5.41) is 8.79. The number of hydrogen-bond acceptors (Lipinski definition) is 3. The maximum atomic E-state index is 12.6. The van der Waals surface area contributed by atoms with E-state index in [-0.39, 0.29) is 5.78 Å². The van der Waals surface area contributed by atoms with Crippen LogP contribution in [0, 0.1) is 13.8 Å². The molecule has 0 amide bonds. The maximum Gasteiger partial charge on any atom is 0.205 e. The van der Waals surface area contributed by atoms with Gasteiger partial charge in [-0.1, -0.05) is 18.2 Å². The number of nitrogens with zero attached hydrogens (tertiary/aromatic N) is 4. The molecule has 0 aliphatic carbocycles. The van der Waals surface area contributed by atoms with E-state index >= 15 is 0 Å². The van der Waals surface area contributed by atoms with Crippen molar-refractivity contribution in [2.24, 2.45) is 0 Å². The third kappa shape index (κ3) is 3.35. The summed E-state index contributed by atoms with van der Waals surface area (Å²) < 4.78 is 4.28. The van der Waals surface area contributed by atoms with Crippen LogP contribution in [0.2, 0.25) is 0 Å². The molecule has 5 nitrogen and oxygen atoms in total. The number of carbonyl (C=O) groups is 1. The summed E-state index contributed by atoms with van der Waals surface area (Å²) >= 11 is 3.39. The normalized spacial score (nSPS) is 11.4. The highest BCUT2D eigenvalue weighted by atomic mass is 79.9. The molecule has 1 aromatic carbocycles. The minimum absolute atomic E-state index is 0.0857. The molecule has 0 spiro atoms. The number of halogens is 1. The molecule has 3 rings (SSSR count). The Bertz CT molecular complexity index is 938. The number of ketones is 1. The Kier molecular flexibility index (Phi) is 4.99. The predicted molar refractivity (Wildman–Crippen MR) is 102 cm³/mol. The van der Waals surface area contributed by atoms with Crippen molar-refractivity contribution in [2.75, 3.05) is 0 Å². The van der Waals surface area contributed by atoms with Crippen molar-refractivity contribution >= 4 is 27.8 Å². The molecular formula is C19H19BrN4O. The van der Waals surface area contributed by atoms with E-state index in [1.807, 2.05) is 61.9 Å². The third-order valence-electron chi connectivity index (χ3n) is 4.08. The van der Waals surface area contributed by atoms with Crippen molar-refractivity contribution in [1.82, 2.24) is 19.6 Å². The van der Waals surface area contributed by atoms with Gasteiger partial charge in [-0.3, -0.25) is 9.48 Å². The average Bonchev–Trinajstić information content (AvgIpc) is 3.13. The molecule has 0 bridgehead atoms. The number of hydrogen-bond donors (Lipinski definition) is 0. The maximum absolute atomic E-state index is 12.6. The molecule has 2 heterocycles. The number of para-hydroxylation sites is 1. The summed E-state index contributed by atoms with van der Waals surface area (Å²) in [6.07, 6.45) is 5.06. The van der Waals surface area contributed by atoms with Gasteiger partial charge in [-0.2, -0.15) is 10.2 Å². The van der Waals surface area contributed by atoms with E-state index < -0.39 is 0 Å². The summed E-state index contributed by atoms with van der Waals surface area (Å²) in [4.78, 5) is 12.6. The summed E-state index contributed by atoms with van der Waals surface area (Å²) in [5.41, 5.74) is 4.39. The summed E-state index contributed by atoms with van der Waals surface area (Å²) in [6, 6.07) is 9.95. The zero-order valence-electron chi connectivity index (χ0n) is 14.4. The molecule has 0 N–H and O–H groups in total. The van der Waals surface area contributed by atoms with E-state index in [2.05, 4.69) is 26.1 Å². The van der Waals surface area contributed by atoms with Crippen molar-refractivity contribution in [1.29, 1.82) is 0 Å². The molecular weight excluding hydrogens is 380 g/mol. The Morgan fingerprint density at radius 1 is 1.24 bits per heavy atom. The number of benzene rings is 1. The van der Waals surface area contributed by atoms with Crippen LogP contribution in [0.1, 0.15) is 34.4 Å². The molecule has 25 heavy (non-hydrogen) atoms. The lowest BCUT2D eigenvalue weighted by molar-refractivity contribution is 0.103. The Balaban J connectivity index is 1.93. The van der Waals surface area contributed by atoms with Crippen molar-refractivity contribution in [3.8, 4) is 5.69 Å². The Labute approximate surface area is 155 Å². The second-order valence-electron chi connectivity index (χ2n) is 5.69. The second-order valence-corrected chi connectivity index (χ2v) is 6.54. The van der Waals surface area contributed by atoms with Gasteiger partial charge in [-0.15, -0.1) is 0 Å². The molecule has 0 unspecified atom stereocenters. The van der Waals surface area contributed by atoms with Crippen molar-refractivity contribution < 1.29 is 4.79 Å².